The highest BCUT2D eigenvalue weighted by atomic mass is 16.5. The van der Waals surface area contributed by atoms with Crippen molar-refractivity contribution < 1.29 is 9.53 Å². The Morgan fingerprint density at radius 3 is 2.62 bits per heavy atom. The SMILES string of the molecule is COC(=O)c1ccc(CN2CCc3c(nc4cc(C(C)(C)C)[nH]n4c3=O)C2)cc1. The minimum Gasteiger partial charge on any atom is -0.465 e. The first kappa shape index (κ1) is 19.4. The van der Waals surface area contributed by atoms with Gasteiger partial charge in [-0.1, -0.05) is 32.9 Å². The highest BCUT2D eigenvalue weighted by Gasteiger charge is 2.24. The van der Waals surface area contributed by atoms with Crippen LogP contribution in [-0.4, -0.2) is 39.1 Å². The lowest BCUT2D eigenvalue weighted by Gasteiger charge is -2.27. The Kier molecular flexibility index (Phi) is 4.78. The summed E-state index contributed by atoms with van der Waals surface area (Å²) in [6.07, 6.45) is 0.675. The zero-order valence-corrected chi connectivity index (χ0v) is 17.3. The third kappa shape index (κ3) is 3.70. The number of esters is 1. The number of rotatable bonds is 3. The molecule has 0 saturated heterocycles. The van der Waals surface area contributed by atoms with E-state index in [4.69, 9.17) is 9.72 Å². The van der Waals surface area contributed by atoms with Gasteiger partial charge >= 0.3 is 5.97 Å². The van der Waals surface area contributed by atoms with Crippen LogP contribution in [0, 0.1) is 0 Å². The first-order chi connectivity index (χ1) is 13.8. The largest absolute Gasteiger partial charge is 0.465 e. The van der Waals surface area contributed by atoms with Gasteiger partial charge in [0, 0.05) is 42.4 Å². The van der Waals surface area contributed by atoms with Gasteiger partial charge in [-0.3, -0.25) is 14.8 Å². The third-order valence-corrected chi connectivity index (χ3v) is 5.43. The van der Waals surface area contributed by atoms with Gasteiger partial charge in [-0.15, -0.1) is 0 Å². The molecule has 0 radical (unpaired) electrons. The van der Waals surface area contributed by atoms with Crippen molar-refractivity contribution >= 4 is 11.6 Å². The van der Waals surface area contributed by atoms with E-state index >= 15 is 0 Å². The monoisotopic (exact) mass is 394 g/mol. The van der Waals surface area contributed by atoms with E-state index in [9.17, 15) is 9.59 Å². The Morgan fingerprint density at radius 2 is 1.97 bits per heavy atom. The minimum absolute atomic E-state index is 0.00239. The highest BCUT2D eigenvalue weighted by molar-refractivity contribution is 5.89. The highest BCUT2D eigenvalue weighted by Crippen LogP contribution is 2.23. The number of carbonyl (C=O) groups excluding carboxylic acids is 1. The number of nitrogens with zero attached hydrogens (tertiary/aromatic N) is 3. The molecule has 0 bridgehead atoms. The molecule has 1 aliphatic heterocycles. The minimum atomic E-state index is -0.335. The molecule has 3 aromatic rings. The summed E-state index contributed by atoms with van der Waals surface area (Å²) >= 11 is 0. The van der Waals surface area contributed by atoms with Gasteiger partial charge in [0.2, 0.25) is 0 Å². The van der Waals surface area contributed by atoms with Crippen molar-refractivity contribution in [2.45, 2.75) is 45.7 Å². The van der Waals surface area contributed by atoms with Crippen LogP contribution in [-0.2, 0) is 29.7 Å². The number of ether oxygens (including phenoxy) is 1. The maximum absolute atomic E-state index is 12.9. The summed E-state index contributed by atoms with van der Waals surface area (Å²) in [6, 6.07) is 9.40. The van der Waals surface area contributed by atoms with Crippen molar-refractivity contribution in [2.75, 3.05) is 13.7 Å². The van der Waals surface area contributed by atoms with Crippen LogP contribution in [0.15, 0.2) is 35.1 Å². The molecular weight excluding hydrogens is 368 g/mol. The number of H-pyrrole nitrogens is 1. The Bertz CT molecular complexity index is 1120. The van der Waals surface area contributed by atoms with Crippen molar-refractivity contribution in [2.24, 2.45) is 0 Å². The molecule has 0 fully saturated rings. The van der Waals surface area contributed by atoms with E-state index in [1.807, 2.05) is 18.2 Å². The molecule has 0 atom stereocenters. The van der Waals surface area contributed by atoms with E-state index in [1.54, 1.807) is 16.6 Å². The molecule has 3 heterocycles. The lowest BCUT2D eigenvalue weighted by atomic mass is 9.93. The number of methoxy groups -OCH3 is 1. The van der Waals surface area contributed by atoms with E-state index in [1.165, 1.54) is 7.11 Å². The zero-order valence-electron chi connectivity index (χ0n) is 17.3. The lowest BCUT2D eigenvalue weighted by molar-refractivity contribution is 0.0600. The standard InChI is InChI=1S/C22H26N4O3/c1-22(2,3)18-11-19-23-17-13-25(10-9-16(17)20(27)26(19)24-18)12-14-5-7-15(8-6-14)21(28)29-4/h5-8,11,24H,9-10,12-13H2,1-4H3. The van der Waals surface area contributed by atoms with Gasteiger partial charge in [0.05, 0.1) is 18.4 Å². The maximum Gasteiger partial charge on any atom is 0.337 e. The van der Waals surface area contributed by atoms with Crippen LogP contribution in [0.1, 0.15) is 53.6 Å². The van der Waals surface area contributed by atoms with Crippen LogP contribution in [0.4, 0.5) is 0 Å². The van der Waals surface area contributed by atoms with Crippen LogP contribution in [0.5, 0.6) is 0 Å². The van der Waals surface area contributed by atoms with Crippen LogP contribution in [0.25, 0.3) is 5.65 Å². The second kappa shape index (κ2) is 7.15. The second-order valence-electron chi connectivity index (χ2n) is 8.60. The molecule has 0 unspecified atom stereocenters. The summed E-state index contributed by atoms with van der Waals surface area (Å²) in [7, 11) is 1.38. The number of nitrogens with one attached hydrogen (secondary N) is 1. The summed E-state index contributed by atoms with van der Waals surface area (Å²) in [5, 5.41) is 3.21. The molecule has 1 N–H and O–H groups in total. The molecule has 0 saturated carbocycles. The third-order valence-electron chi connectivity index (χ3n) is 5.43. The zero-order chi connectivity index (χ0) is 20.8. The number of aromatic amines is 1. The number of aromatic nitrogens is 3. The number of benzene rings is 1. The number of carbonyl (C=O) groups is 1. The first-order valence-corrected chi connectivity index (χ1v) is 9.80. The topological polar surface area (TPSA) is 79.7 Å². The van der Waals surface area contributed by atoms with Crippen molar-refractivity contribution in [3.05, 3.63) is 68.8 Å². The van der Waals surface area contributed by atoms with Crippen LogP contribution in [0.2, 0.25) is 0 Å². The smallest absolute Gasteiger partial charge is 0.337 e. The van der Waals surface area contributed by atoms with Crippen molar-refractivity contribution in [3.8, 4) is 0 Å². The molecule has 1 aromatic carbocycles. The normalized spacial score (nSPS) is 14.8. The number of fused-ring (bicyclic) bond motifs is 2. The molecular formula is C22H26N4O3. The lowest BCUT2D eigenvalue weighted by Crippen LogP contribution is -2.36. The van der Waals surface area contributed by atoms with Gasteiger partial charge in [0.15, 0.2) is 5.65 Å². The number of hydrogen-bond donors (Lipinski definition) is 1. The summed E-state index contributed by atoms with van der Waals surface area (Å²) in [4.78, 5) is 31.6. The van der Waals surface area contributed by atoms with Crippen LogP contribution >= 0.6 is 0 Å². The van der Waals surface area contributed by atoms with Crippen LogP contribution in [0.3, 0.4) is 0 Å². The molecule has 7 heteroatoms. The van der Waals surface area contributed by atoms with Gasteiger partial charge in [0.1, 0.15) is 0 Å². The van der Waals surface area contributed by atoms with Crippen LogP contribution < -0.4 is 5.56 Å². The number of hydrogen-bond acceptors (Lipinski definition) is 5. The van der Waals surface area contributed by atoms with Gasteiger partial charge in [0.25, 0.3) is 5.56 Å². The predicted molar refractivity (Wildman–Crippen MR) is 110 cm³/mol. The molecule has 7 nitrogen and oxygen atoms in total. The molecule has 29 heavy (non-hydrogen) atoms. The second-order valence-corrected chi connectivity index (χ2v) is 8.60. The summed E-state index contributed by atoms with van der Waals surface area (Å²) in [6.45, 7) is 8.49. The maximum atomic E-state index is 12.9. The Labute approximate surface area is 169 Å². The average Bonchev–Trinajstić information content (AvgIpc) is 3.13. The fourth-order valence-corrected chi connectivity index (χ4v) is 3.69. The first-order valence-electron chi connectivity index (χ1n) is 9.80. The van der Waals surface area contributed by atoms with E-state index < -0.39 is 0 Å². The summed E-state index contributed by atoms with van der Waals surface area (Å²) < 4.78 is 6.31. The molecule has 0 amide bonds. The molecule has 2 aromatic heterocycles. The Balaban J connectivity index is 1.57. The summed E-state index contributed by atoms with van der Waals surface area (Å²) in [5.41, 5.74) is 4.88. The van der Waals surface area contributed by atoms with Crippen molar-refractivity contribution in [1.82, 2.24) is 19.5 Å². The summed E-state index contributed by atoms with van der Waals surface area (Å²) in [5.74, 6) is -0.335. The van der Waals surface area contributed by atoms with Gasteiger partial charge < -0.3 is 4.74 Å². The van der Waals surface area contributed by atoms with Gasteiger partial charge in [-0.25, -0.2) is 14.3 Å². The van der Waals surface area contributed by atoms with E-state index in [0.29, 0.717) is 24.2 Å². The molecule has 0 aliphatic carbocycles. The van der Waals surface area contributed by atoms with E-state index in [2.05, 4.69) is 30.8 Å². The fourth-order valence-electron chi connectivity index (χ4n) is 3.69. The fraction of sp³-hybridized carbons (Fsp3) is 0.409. The van der Waals surface area contributed by atoms with E-state index in [0.717, 1.165) is 35.6 Å². The molecule has 1 aliphatic rings. The van der Waals surface area contributed by atoms with Crippen molar-refractivity contribution in [3.63, 3.8) is 0 Å². The average molecular weight is 394 g/mol. The quantitative estimate of drug-likeness (QED) is 0.691. The Morgan fingerprint density at radius 1 is 1.24 bits per heavy atom. The molecule has 152 valence electrons. The van der Waals surface area contributed by atoms with Gasteiger partial charge in [-0.2, -0.15) is 0 Å². The Hall–Kier alpha value is -2.93. The van der Waals surface area contributed by atoms with E-state index in [-0.39, 0.29) is 16.9 Å². The molecule has 0 spiro atoms. The predicted octanol–water partition coefficient (Wildman–Crippen LogP) is 2.67. The van der Waals surface area contributed by atoms with Gasteiger partial charge in [-0.05, 0) is 24.1 Å². The molecule has 4 rings (SSSR count). The van der Waals surface area contributed by atoms with Crippen molar-refractivity contribution in [1.29, 1.82) is 0 Å².